The smallest absolute Gasteiger partial charge is 0.335 e. The molecule has 1 atom stereocenters. The number of hydrogen-bond donors (Lipinski definition) is 2. The Morgan fingerprint density at radius 2 is 2.16 bits per heavy atom. The van der Waals surface area contributed by atoms with Crippen molar-refractivity contribution in [3.63, 3.8) is 0 Å². The molecule has 0 amide bonds. The lowest BCUT2D eigenvalue weighted by atomic mass is 10.1. The molecule has 0 spiro atoms. The first-order chi connectivity index (χ1) is 8.90. The molecule has 1 unspecified atom stereocenters. The molecule has 5 heteroatoms. The average Bonchev–Trinajstić information content (AvgIpc) is 2.34. The molecule has 0 aliphatic heterocycles. The molecule has 0 aromatic heterocycles. The van der Waals surface area contributed by atoms with E-state index >= 15 is 0 Å². The van der Waals surface area contributed by atoms with Gasteiger partial charge >= 0.3 is 5.97 Å². The monoisotopic (exact) mass is 328 g/mol. The van der Waals surface area contributed by atoms with E-state index in [1.54, 1.807) is 12.1 Å². The maximum atomic E-state index is 10.8. The Morgan fingerprint density at radius 3 is 2.68 bits per heavy atom. The average molecular weight is 329 g/mol. The van der Waals surface area contributed by atoms with Gasteiger partial charge in [0.05, 0.1) is 5.56 Å². The van der Waals surface area contributed by atoms with Crippen LogP contribution in [0.25, 0.3) is 0 Å². The number of carboxylic acid groups (broad SMARTS) is 1. The summed E-state index contributed by atoms with van der Waals surface area (Å²) in [6.45, 7) is 3.94. The normalized spacial score (nSPS) is 12.7. The molecule has 0 heterocycles. The molecule has 4 nitrogen and oxygen atoms in total. The van der Waals surface area contributed by atoms with Crippen LogP contribution >= 0.6 is 15.9 Å². The number of halogens is 1. The van der Waals surface area contributed by atoms with E-state index in [-0.39, 0.29) is 0 Å². The lowest BCUT2D eigenvalue weighted by molar-refractivity contribution is 0.0697. The predicted octanol–water partition coefficient (Wildman–Crippen LogP) is 2.58. The van der Waals surface area contributed by atoms with Crippen LogP contribution in [0.3, 0.4) is 0 Å². The van der Waals surface area contributed by atoms with Crippen molar-refractivity contribution in [3.8, 4) is 0 Å². The van der Waals surface area contributed by atoms with Crippen molar-refractivity contribution < 1.29 is 9.90 Å². The lowest BCUT2D eigenvalue weighted by Crippen LogP contribution is -2.29. The van der Waals surface area contributed by atoms with Crippen LogP contribution in [0.2, 0.25) is 0 Å². The fourth-order valence-corrected chi connectivity index (χ4v) is 2.18. The largest absolute Gasteiger partial charge is 0.478 e. The molecule has 19 heavy (non-hydrogen) atoms. The number of carbonyl (C=O) groups is 1. The van der Waals surface area contributed by atoms with E-state index in [1.807, 2.05) is 6.07 Å². The first kappa shape index (κ1) is 16.1. The summed E-state index contributed by atoms with van der Waals surface area (Å²) in [4.78, 5) is 13.0. The van der Waals surface area contributed by atoms with Gasteiger partial charge < -0.3 is 15.3 Å². The SMILES string of the molecule is CC(CCN(C)C)NCc1ccc(C(=O)O)cc1Br. The molecular weight excluding hydrogens is 308 g/mol. The second-order valence-corrected chi connectivity index (χ2v) is 5.84. The van der Waals surface area contributed by atoms with Gasteiger partial charge in [0, 0.05) is 17.1 Å². The van der Waals surface area contributed by atoms with Crippen LogP contribution in [0.4, 0.5) is 0 Å². The highest BCUT2D eigenvalue weighted by Crippen LogP contribution is 2.19. The number of rotatable bonds is 7. The van der Waals surface area contributed by atoms with E-state index in [2.05, 4.69) is 47.2 Å². The molecular formula is C14H21BrN2O2. The molecule has 0 aliphatic rings. The minimum absolute atomic E-state index is 0.302. The van der Waals surface area contributed by atoms with Crippen LogP contribution in [-0.2, 0) is 6.54 Å². The molecule has 0 fully saturated rings. The zero-order valence-electron chi connectivity index (χ0n) is 11.6. The van der Waals surface area contributed by atoms with Crippen LogP contribution in [0.15, 0.2) is 22.7 Å². The van der Waals surface area contributed by atoms with Crippen LogP contribution in [0.1, 0.15) is 29.3 Å². The van der Waals surface area contributed by atoms with Crippen molar-refractivity contribution in [2.24, 2.45) is 0 Å². The third-order valence-corrected chi connectivity index (χ3v) is 3.69. The Balaban J connectivity index is 2.51. The van der Waals surface area contributed by atoms with Gasteiger partial charge in [0.25, 0.3) is 0 Å². The second-order valence-electron chi connectivity index (χ2n) is 4.99. The van der Waals surface area contributed by atoms with E-state index in [0.29, 0.717) is 11.6 Å². The maximum Gasteiger partial charge on any atom is 0.335 e. The molecule has 106 valence electrons. The summed E-state index contributed by atoms with van der Waals surface area (Å²) in [7, 11) is 4.13. The van der Waals surface area contributed by atoms with Gasteiger partial charge in [0.2, 0.25) is 0 Å². The maximum absolute atomic E-state index is 10.8. The van der Waals surface area contributed by atoms with Gasteiger partial charge in [0.15, 0.2) is 0 Å². The number of carboxylic acids is 1. The standard InChI is InChI=1S/C14H21BrN2O2/c1-10(6-7-17(2)3)16-9-12-5-4-11(14(18)19)8-13(12)15/h4-5,8,10,16H,6-7,9H2,1-3H3,(H,18,19). The summed E-state index contributed by atoms with van der Waals surface area (Å²) >= 11 is 3.42. The van der Waals surface area contributed by atoms with Crippen molar-refractivity contribution in [2.45, 2.75) is 25.9 Å². The predicted molar refractivity (Wildman–Crippen MR) is 80.6 cm³/mol. The molecule has 0 radical (unpaired) electrons. The van der Waals surface area contributed by atoms with Crippen molar-refractivity contribution >= 4 is 21.9 Å². The lowest BCUT2D eigenvalue weighted by Gasteiger charge is -2.17. The molecule has 0 aliphatic carbocycles. The Kier molecular flexibility index (Phi) is 6.48. The second kappa shape index (κ2) is 7.62. The molecule has 1 aromatic carbocycles. The zero-order valence-corrected chi connectivity index (χ0v) is 13.2. The summed E-state index contributed by atoms with van der Waals surface area (Å²) < 4.78 is 0.833. The van der Waals surface area contributed by atoms with E-state index in [0.717, 1.165) is 29.5 Å². The first-order valence-electron chi connectivity index (χ1n) is 6.30. The van der Waals surface area contributed by atoms with Crippen LogP contribution < -0.4 is 5.32 Å². The van der Waals surface area contributed by atoms with E-state index in [9.17, 15) is 4.79 Å². The third-order valence-electron chi connectivity index (χ3n) is 2.95. The Labute approximate surface area is 122 Å². The van der Waals surface area contributed by atoms with E-state index < -0.39 is 5.97 Å². The number of hydrogen-bond acceptors (Lipinski definition) is 3. The van der Waals surface area contributed by atoms with E-state index in [4.69, 9.17) is 5.11 Å². The van der Waals surface area contributed by atoms with E-state index in [1.165, 1.54) is 0 Å². The van der Waals surface area contributed by atoms with Gasteiger partial charge in [-0.2, -0.15) is 0 Å². The third kappa shape index (κ3) is 5.72. The van der Waals surface area contributed by atoms with Gasteiger partial charge in [-0.25, -0.2) is 4.79 Å². The summed E-state index contributed by atoms with van der Waals surface area (Å²) in [5.41, 5.74) is 1.37. The molecule has 0 saturated heterocycles. The Bertz CT molecular complexity index is 435. The van der Waals surface area contributed by atoms with Crippen LogP contribution in [0.5, 0.6) is 0 Å². The molecule has 0 saturated carbocycles. The highest BCUT2D eigenvalue weighted by atomic mass is 79.9. The van der Waals surface area contributed by atoms with Gasteiger partial charge in [-0.05, 0) is 51.7 Å². The van der Waals surface area contributed by atoms with Crippen LogP contribution in [0, 0.1) is 0 Å². The number of aromatic carboxylic acids is 1. The molecule has 1 aromatic rings. The van der Waals surface area contributed by atoms with Gasteiger partial charge in [-0.3, -0.25) is 0 Å². The Hall–Kier alpha value is -0.910. The van der Waals surface area contributed by atoms with Gasteiger partial charge in [0.1, 0.15) is 0 Å². The minimum Gasteiger partial charge on any atom is -0.478 e. The summed E-state index contributed by atoms with van der Waals surface area (Å²) in [6.07, 6.45) is 1.08. The number of nitrogens with zero attached hydrogens (tertiary/aromatic N) is 1. The molecule has 1 rings (SSSR count). The first-order valence-corrected chi connectivity index (χ1v) is 7.09. The topological polar surface area (TPSA) is 52.6 Å². The van der Waals surface area contributed by atoms with Crippen molar-refractivity contribution in [1.82, 2.24) is 10.2 Å². The van der Waals surface area contributed by atoms with Crippen molar-refractivity contribution in [1.29, 1.82) is 0 Å². The quantitative estimate of drug-likeness (QED) is 0.807. The van der Waals surface area contributed by atoms with Gasteiger partial charge in [-0.15, -0.1) is 0 Å². The number of benzene rings is 1. The summed E-state index contributed by atoms with van der Waals surface area (Å²) in [5, 5.41) is 12.3. The van der Waals surface area contributed by atoms with Gasteiger partial charge in [-0.1, -0.05) is 22.0 Å². The van der Waals surface area contributed by atoms with Crippen molar-refractivity contribution in [3.05, 3.63) is 33.8 Å². The summed E-state index contributed by atoms with van der Waals surface area (Å²) in [6, 6.07) is 5.55. The zero-order chi connectivity index (χ0) is 14.4. The Morgan fingerprint density at radius 1 is 1.47 bits per heavy atom. The summed E-state index contributed by atoms with van der Waals surface area (Å²) in [5.74, 6) is -0.903. The molecule has 2 N–H and O–H groups in total. The highest BCUT2D eigenvalue weighted by Gasteiger charge is 2.08. The van der Waals surface area contributed by atoms with Crippen molar-refractivity contribution in [2.75, 3.05) is 20.6 Å². The molecule has 0 bridgehead atoms. The highest BCUT2D eigenvalue weighted by molar-refractivity contribution is 9.10. The number of nitrogens with one attached hydrogen (secondary N) is 1. The minimum atomic E-state index is -0.903. The van der Waals surface area contributed by atoms with Crippen LogP contribution in [-0.4, -0.2) is 42.7 Å². The fourth-order valence-electron chi connectivity index (χ4n) is 1.66. The fraction of sp³-hybridized carbons (Fsp3) is 0.500.